The Kier molecular flexibility index (Phi) is 11.0. The zero-order chi connectivity index (χ0) is 23.9. The van der Waals surface area contributed by atoms with Crippen molar-refractivity contribution in [2.24, 2.45) is 0 Å². The first-order chi connectivity index (χ1) is 16.0. The van der Waals surface area contributed by atoms with Crippen molar-refractivity contribution in [2.45, 2.75) is 25.7 Å². The number of aliphatic carboxylic acids is 1. The Morgan fingerprint density at radius 2 is 1.64 bits per heavy atom. The molecule has 0 saturated heterocycles. The number of para-hydroxylation sites is 1. The third kappa shape index (κ3) is 9.46. The fraction of sp³-hybridized carbons (Fsp3) is 0.259. The molecule has 0 bridgehead atoms. The average molecular weight is 445 g/mol. The van der Waals surface area contributed by atoms with Gasteiger partial charge in [-0.2, -0.15) is 5.26 Å². The lowest BCUT2D eigenvalue weighted by molar-refractivity contribution is -0.136. The predicted octanol–water partition coefficient (Wildman–Crippen LogP) is 4.65. The number of nitrogens with one attached hydrogen (secondary N) is 2. The van der Waals surface area contributed by atoms with Gasteiger partial charge in [-0.25, -0.2) is 0 Å². The van der Waals surface area contributed by atoms with Gasteiger partial charge in [0, 0.05) is 13.1 Å². The number of benzene rings is 3. The first-order valence-electron chi connectivity index (χ1n) is 11.0. The maximum absolute atomic E-state index is 10.7. The minimum absolute atomic E-state index is 0.0572. The summed E-state index contributed by atoms with van der Waals surface area (Å²) in [5.41, 5.74) is 9.73. The van der Waals surface area contributed by atoms with Gasteiger partial charge in [0.2, 0.25) is 0 Å². The topological polar surface area (TPSA) is 111 Å². The molecule has 1 atom stereocenters. The smallest absolute Gasteiger partial charge is 0.307 e. The molecule has 0 radical (unpaired) electrons. The maximum atomic E-state index is 10.7. The number of nitrogens with zero attached hydrogens (tertiary/aromatic N) is 1. The van der Waals surface area contributed by atoms with Gasteiger partial charge in [0.05, 0.1) is 23.4 Å². The summed E-state index contributed by atoms with van der Waals surface area (Å²) in [6, 6.07) is 27.2. The maximum Gasteiger partial charge on any atom is 0.307 e. The zero-order valence-corrected chi connectivity index (χ0v) is 19.0. The van der Waals surface area contributed by atoms with E-state index in [0.29, 0.717) is 17.2 Å². The molecule has 6 nitrogen and oxygen atoms in total. The number of nitrogen functional groups attached to an aromatic ring is 1. The van der Waals surface area contributed by atoms with Crippen molar-refractivity contribution in [1.29, 1.82) is 5.26 Å². The Labute approximate surface area is 196 Å². The molecule has 0 heterocycles. The summed E-state index contributed by atoms with van der Waals surface area (Å²) in [5.74, 6) is -0.466. The van der Waals surface area contributed by atoms with E-state index in [2.05, 4.69) is 23.6 Å². The molecule has 1 unspecified atom stereocenters. The molecule has 33 heavy (non-hydrogen) atoms. The second-order valence-electron chi connectivity index (χ2n) is 7.73. The fourth-order valence-corrected chi connectivity index (χ4v) is 3.21. The molecule has 0 aliphatic rings. The Balaban J connectivity index is 0.000000554. The highest BCUT2D eigenvalue weighted by molar-refractivity contribution is 5.72. The van der Waals surface area contributed by atoms with E-state index in [4.69, 9.17) is 16.1 Å². The summed E-state index contributed by atoms with van der Waals surface area (Å²) in [5, 5.41) is 24.5. The molecule has 3 aromatic carbocycles. The lowest BCUT2D eigenvalue weighted by Gasteiger charge is -2.14. The van der Waals surface area contributed by atoms with Gasteiger partial charge >= 0.3 is 5.97 Å². The number of rotatable bonds is 10. The largest absolute Gasteiger partial charge is 0.481 e. The van der Waals surface area contributed by atoms with Crippen LogP contribution in [0.3, 0.4) is 0 Å². The molecule has 3 aromatic rings. The first-order valence-corrected chi connectivity index (χ1v) is 11.0. The van der Waals surface area contributed by atoms with Crippen molar-refractivity contribution in [2.75, 3.05) is 30.7 Å². The van der Waals surface area contributed by atoms with Crippen LogP contribution in [-0.4, -0.2) is 30.7 Å². The van der Waals surface area contributed by atoms with Gasteiger partial charge in [-0.3, -0.25) is 4.79 Å². The predicted molar refractivity (Wildman–Crippen MR) is 134 cm³/mol. The van der Waals surface area contributed by atoms with Crippen molar-refractivity contribution < 1.29 is 9.90 Å². The summed E-state index contributed by atoms with van der Waals surface area (Å²) < 4.78 is 0. The van der Waals surface area contributed by atoms with E-state index in [1.807, 2.05) is 72.8 Å². The third-order valence-electron chi connectivity index (χ3n) is 5.09. The van der Waals surface area contributed by atoms with Gasteiger partial charge in [-0.1, -0.05) is 73.7 Å². The number of carbonyl (C=O) groups is 1. The summed E-state index contributed by atoms with van der Waals surface area (Å²) in [7, 11) is 0. The van der Waals surface area contributed by atoms with Crippen LogP contribution >= 0.6 is 0 Å². The van der Waals surface area contributed by atoms with E-state index >= 15 is 0 Å². The third-order valence-corrected chi connectivity index (χ3v) is 5.09. The van der Waals surface area contributed by atoms with Gasteiger partial charge in [-0.05, 0) is 42.1 Å². The van der Waals surface area contributed by atoms with Gasteiger partial charge in [-0.15, -0.1) is 0 Å². The lowest BCUT2D eigenvalue weighted by Crippen LogP contribution is -2.23. The molecule has 0 spiro atoms. The Hall–Kier alpha value is -3.82. The van der Waals surface area contributed by atoms with E-state index in [1.165, 1.54) is 5.56 Å². The van der Waals surface area contributed by atoms with Crippen molar-refractivity contribution in [1.82, 2.24) is 5.32 Å². The number of hydrogen-bond donors (Lipinski definition) is 4. The van der Waals surface area contributed by atoms with Gasteiger partial charge in [0.15, 0.2) is 0 Å². The summed E-state index contributed by atoms with van der Waals surface area (Å²) in [6.45, 7) is 4.63. The van der Waals surface area contributed by atoms with Gasteiger partial charge in [0.1, 0.15) is 6.07 Å². The number of carboxylic acids is 1. The van der Waals surface area contributed by atoms with Gasteiger partial charge in [0.25, 0.3) is 0 Å². The van der Waals surface area contributed by atoms with Crippen LogP contribution in [0.4, 0.5) is 11.4 Å². The molecule has 0 aliphatic carbocycles. The van der Waals surface area contributed by atoms with Crippen molar-refractivity contribution in [3.05, 3.63) is 95.6 Å². The number of nitriles is 1. The molecule has 6 heteroatoms. The van der Waals surface area contributed by atoms with Gasteiger partial charge < -0.3 is 21.5 Å². The number of anilines is 2. The summed E-state index contributed by atoms with van der Waals surface area (Å²) in [4.78, 5) is 10.7. The molecule has 0 aromatic heterocycles. The minimum atomic E-state index is -0.813. The fourth-order valence-electron chi connectivity index (χ4n) is 3.21. The molecule has 5 N–H and O–H groups in total. The molecule has 0 aliphatic heterocycles. The quantitative estimate of drug-likeness (QED) is 0.268. The highest BCUT2D eigenvalue weighted by Gasteiger charge is 2.07. The summed E-state index contributed by atoms with van der Waals surface area (Å²) in [6.07, 6.45) is 0.988. The SMILES string of the molecule is CC(CNCCCNc1cccc(C#N)c1N)c1ccc(CC(=O)O)cc1.c1ccccc1. The highest BCUT2D eigenvalue weighted by atomic mass is 16.4. The molecule has 172 valence electrons. The van der Waals surface area contributed by atoms with Crippen LogP contribution in [0.5, 0.6) is 0 Å². The number of nitrogens with two attached hydrogens (primary N) is 1. The molecule has 0 amide bonds. The monoisotopic (exact) mass is 444 g/mol. The zero-order valence-electron chi connectivity index (χ0n) is 19.0. The molecular formula is C27H32N4O2. The Morgan fingerprint density at radius 1 is 1.00 bits per heavy atom. The minimum Gasteiger partial charge on any atom is -0.481 e. The van der Waals surface area contributed by atoms with Crippen LogP contribution in [0.1, 0.15) is 36.0 Å². The molecule has 3 rings (SSSR count). The van der Waals surface area contributed by atoms with Crippen LogP contribution in [0.2, 0.25) is 0 Å². The molecular weight excluding hydrogens is 412 g/mol. The lowest BCUT2D eigenvalue weighted by atomic mass is 9.99. The van der Waals surface area contributed by atoms with E-state index < -0.39 is 5.97 Å². The number of carboxylic acid groups (broad SMARTS) is 1. The van der Waals surface area contributed by atoms with E-state index in [9.17, 15) is 4.79 Å². The summed E-state index contributed by atoms with van der Waals surface area (Å²) >= 11 is 0. The molecule has 0 fully saturated rings. The van der Waals surface area contributed by atoms with Crippen LogP contribution in [0.25, 0.3) is 0 Å². The van der Waals surface area contributed by atoms with Crippen LogP contribution < -0.4 is 16.4 Å². The normalized spacial score (nSPS) is 10.9. The van der Waals surface area contributed by atoms with Crippen molar-refractivity contribution in [3.63, 3.8) is 0 Å². The van der Waals surface area contributed by atoms with Crippen molar-refractivity contribution in [3.8, 4) is 6.07 Å². The van der Waals surface area contributed by atoms with Crippen LogP contribution in [0.15, 0.2) is 78.9 Å². The Morgan fingerprint density at radius 3 is 2.21 bits per heavy atom. The second kappa shape index (κ2) is 14.3. The van der Waals surface area contributed by atoms with E-state index in [-0.39, 0.29) is 6.42 Å². The van der Waals surface area contributed by atoms with Crippen molar-refractivity contribution >= 4 is 17.3 Å². The highest BCUT2D eigenvalue weighted by Crippen LogP contribution is 2.21. The standard InChI is InChI=1S/C21H26N4O2.C6H6/c1-15(17-8-6-16(7-9-17)12-20(26)27)14-24-10-3-11-25-19-5-2-4-18(13-22)21(19)23;1-2-4-6-5-3-1/h2,4-9,15,24-25H,3,10-12,14,23H2,1H3,(H,26,27);1-6H. The molecule has 0 saturated carbocycles. The van der Waals surface area contributed by atoms with Crippen LogP contribution in [-0.2, 0) is 11.2 Å². The Bertz CT molecular complexity index is 988. The van der Waals surface area contributed by atoms with Crippen LogP contribution in [0, 0.1) is 11.3 Å². The first kappa shape index (κ1) is 25.4. The van der Waals surface area contributed by atoms with E-state index in [1.54, 1.807) is 6.07 Å². The van der Waals surface area contributed by atoms with E-state index in [0.717, 1.165) is 37.3 Å². The number of hydrogen-bond acceptors (Lipinski definition) is 5. The average Bonchev–Trinajstić information content (AvgIpc) is 2.83. The second-order valence-corrected chi connectivity index (χ2v) is 7.73.